The second kappa shape index (κ2) is 4.56. The van der Waals surface area contributed by atoms with Crippen molar-refractivity contribution in [1.82, 2.24) is 0 Å². The van der Waals surface area contributed by atoms with Crippen molar-refractivity contribution >= 4 is 28.6 Å². The molecule has 0 fully saturated rings. The number of hydrazone groups is 1. The maximum atomic E-state index is 12.3. The molecule has 0 N–H and O–H groups in total. The molecule has 1 aliphatic heterocycles. The van der Waals surface area contributed by atoms with E-state index < -0.39 is 0 Å². The van der Waals surface area contributed by atoms with Gasteiger partial charge in [-0.15, -0.1) is 11.3 Å². The molecule has 1 atom stereocenters. The molecule has 0 saturated carbocycles. The highest BCUT2D eigenvalue weighted by molar-refractivity contribution is 7.10. The summed E-state index contributed by atoms with van der Waals surface area (Å²) in [6.45, 7) is 0. The Morgan fingerprint density at radius 2 is 2.05 bits per heavy atom. The van der Waals surface area contributed by atoms with Gasteiger partial charge in [-0.1, -0.05) is 18.2 Å². The quantitative estimate of drug-likeness (QED) is 0.788. The van der Waals surface area contributed by atoms with Gasteiger partial charge in [0.05, 0.1) is 11.4 Å². The molecule has 100 valence electrons. The van der Waals surface area contributed by atoms with Crippen LogP contribution in [-0.4, -0.2) is 11.6 Å². The van der Waals surface area contributed by atoms with Gasteiger partial charge in [-0.25, -0.2) is 5.01 Å². The number of carbonyl (C=O) groups excluding carboxylic acids is 1. The smallest absolute Gasteiger partial charge is 0.248 e. The molecule has 2 aromatic rings. The Labute approximate surface area is 121 Å². The number of aryl methyl sites for hydroxylation is 1. The molecule has 20 heavy (non-hydrogen) atoms. The van der Waals surface area contributed by atoms with Crippen molar-refractivity contribution in [1.29, 1.82) is 0 Å². The van der Waals surface area contributed by atoms with Gasteiger partial charge < -0.3 is 0 Å². The van der Waals surface area contributed by atoms with Crippen LogP contribution in [0.2, 0.25) is 0 Å². The Kier molecular flexibility index (Phi) is 2.70. The third kappa shape index (κ3) is 1.79. The number of hydrogen-bond acceptors (Lipinski definition) is 3. The average Bonchev–Trinajstić information content (AvgIpc) is 2.96. The van der Waals surface area contributed by atoms with Gasteiger partial charge in [0.2, 0.25) is 5.91 Å². The van der Waals surface area contributed by atoms with Crippen LogP contribution in [0.25, 0.3) is 0 Å². The molecular weight excluding hydrogens is 268 g/mol. The molecule has 4 rings (SSSR count). The van der Waals surface area contributed by atoms with Crippen molar-refractivity contribution in [3.8, 4) is 0 Å². The molecule has 4 heteroatoms. The summed E-state index contributed by atoms with van der Waals surface area (Å²) in [7, 11) is 0. The summed E-state index contributed by atoms with van der Waals surface area (Å²) in [5.41, 5.74) is 3.20. The molecule has 2 aliphatic rings. The Bertz CT molecular complexity index is 690. The number of anilines is 1. The van der Waals surface area contributed by atoms with E-state index in [2.05, 4.69) is 16.5 Å². The zero-order valence-corrected chi connectivity index (χ0v) is 11.8. The number of rotatable bonds is 1. The molecule has 0 saturated heterocycles. The summed E-state index contributed by atoms with van der Waals surface area (Å²) in [5.74, 6) is 0.396. The number of carbonyl (C=O) groups is 1. The number of nitrogens with zero attached hydrogens (tertiary/aromatic N) is 2. The van der Waals surface area contributed by atoms with Crippen LogP contribution < -0.4 is 5.01 Å². The first-order valence-corrected chi connectivity index (χ1v) is 7.74. The average molecular weight is 282 g/mol. The molecule has 1 aromatic heterocycles. The second-order valence-corrected chi connectivity index (χ2v) is 6.22. The predicted molar refractivity (Wildman–Crippen MR) is 81.2 cm³/mol. The summed E-state index contributed by atoms with van der Waals surface area (Å²) in [4.78, 5) is 13.7. The van der Waals surface area contributed by atoms with Crippen molar-refractivity contribution < 1.29 is 4.79 Å². The summed E-state index contributed by atoms with van der Waals surface area (Å²) in [6, 6.07) is 11.8. The predicted octanol–water partition coefficient (Wildman–Crippen LogP) is 3.45. The topological polar surface area (TPSA) is 32.7 Å². The van der Waals surface area contributed by atoms with E-state index in [0.29, 0.717) is 12.3 Å². The fraction of sp³-hybridized carbons (Fsp3) is 0.250. The summed E-state index contributed by atoms with van der Waals surface area (Å²) in [5, 5.41) is 8.37. The third-order valence-electron chi connectivity index (χ3n) is 3.99. The fourth-order valence-electron chi connectivity index (χ4n) is 2.99. The minimum atomic E-state index is 0.101. The van der Waals surface area contributed by atoms with E-state index in [-0.39, 0.29) is 5.91 Å². The number of fused-ring (bicyclic) bond motifs is 3. The molecule has 3 nitrogen and oxygen atoms in total. The van der Waals surface area contributed by atoms with E-state index in [0.717, 1.165) is 24.2 Å². The number of hydrogen-bond donors (Lipinski definition) is 0. The van der Waals surface area contributed by atoms with Gasteiger partial charge in [-0.2, -0.15) is 5.10 Å². The van der Waals surface area contributed by atoms with Crippen LogP contribution in [0.4, 0.5) is 5.69 Å². The highest BCUT2D eigenvalue weighted by Crippen LogP contribution is 2.35. The summed E-state index contributed by atoms with van der Waals surface area (Å²) < 4.78 is 0. The minimum Gasteiger partial charge on any atom is -0.273 e. The van der Waals surface area contributed by atoms with Gasteiger partial charge >= 0.3 is 0 Å². The van der Waals surface area contributed by atoms with Crippen LogP contribution >= 0.6 is 11.3 Å². The molecule has 1 aliphatic carbocycles. The van der Waals surface area contributed by atoms with Gasteiger partial charge in [-0.3, -0.25) is 4.79 Å². The van der Waals surface area contributed by atoms with E-state index >= 15 is 0 Å². The lowest BCUT2D eigenvalue weighted by molar-refractivity contribution is -0.119. The zero-order chi connectivity index (χ0) is 13.5. The van der Waals surface area contributed by atoms with Crippen LogP contribution in [-0.2, 0) is 11.2 Å². The first-order valence-electron chi connectivity index (χ1n) is 6.86. The maximum absolute atomic E-state index is 12.3. The van der Waals surface area contributed by atoms with E-state index in [1.165, 1.54) is 10.4 Å². The van der Waals surface area contributed by atoms with Crippen molar-refractivity contribution in [2.24, 2.45) is 11.0 Å². The first kappa shape index (κ1) is 11.9. The Morgan fingerprint density at radius 1 is 1.20 bits per heavy atom. The third-order valence-corrected chi connectivity index (χ3v) is 4.97. The number of para-hydroxylation sites is 1. The van der Waals surface area contributed by atoms with Crippen LogP contribution in [0.15, 0.2) is 46.9 Å². The largest absolute Gasteiger partial charge is 0.273 e. The Balaban J connectivity index is 1.81. The van der Waals surface area contributed by atoms with E-state index in [4.69, 9.17) is 0 Å². The molecule has 0 spiro atoms. The monoisotopic (exact) mass is 282 g/mol. The summed E-state index contributed by atoms with van der Waals surface area (Å²) >= 11 is 1.79. The van der Waals surface area contributed by atoms with Crippen LogP contribution in [0, 0.1) is 5.92 Å². The van der Waals surface area contributed by atoms with E-state index in [9.17, 15) is 4.79 Å². The second-order valence-electron chi connectivity index (χ2n) is 5.22. The molecule has 0 bridgehead atoms. The van der Waals surface area contributed by atoms with Gasteiger partial charge in [0.1, 0.15) is 0 Å². The fourth-order valence-corrected chi connectivity index (χ4v) is 3.89. The van der Waals surface area contributed by atoms with Gasteiger partial charge in [0.15, 0.2) is 0 Å². The lowest BCUT2D eigenvalue weighted by Crippen LogP contribution is -2.39. The Morgan fingerprint density at radius 3 is 2.90 bits per heavy atom. The van der Waals surface area contributed by atoms with Crippen molar-refractivity contribution in [2.75, 3.05) is 5.01 Å². The van der Waals surface area contributed by atoms with E-state index in [1.807, 2.05) is 30.3 Å². The standard InChI is InChI=1S/C16H14N2OS/c19-15-10-11-6-7-14-13(8-9-20-14)16(11)17-18(15)12-4-2-1-3-5-12/h1-5,8-9,11H,6-7,10H2. The molecule has 1 unspecified atom stereocenters. The first-order chi connectivity index (χ1) is 9.83. The van der Waals surface area contributed by atoms with Crippen molar-refractivity contribution in [3.63, 3.8) is 0 Å². The number of amides is 1. The van der Waals surface area contributed by atoms with Crippen molar-refractivity contribution in [3.05, 3.63) is 52.2 Å². The van der Waals surface area contributed by atoms with Gasteiger partial charge in [-0.05, 0) is 36.4 Å². The molecule has 1 amide bonds. The lowest BCUT2D eigenvalue weighted by atomic mass is 9.83. The molecule has 1 aromatic carbocycles. The highest BCUT2D eigenvalue weighted by Gasteiger charge is 2.34. The summed E-state index contributed by atoms with van der Waals surface area (Å²) in [6.07, 6.45) is 2.69. The van der Waals surface area contributed by atoms with Crippen LogP contribution in [0.3, 0.4) is 0 Å². The number of thiophene rings is 1. The highest BCUT2D eigenvalue weighted by atomic mass is 32.1. The van der Waals surface area contributed by atoms with E-state index in [1.54, 1.807) is 16.3 Å². The maximum Gasteiger partial charge on any atom is 0.248 e. The zero-order valence-electron chi connectivity index (χ0n) is 11.0. The van der Waals surface area contributed by atoms with Crippen LogP contribution in [0.1, 0.15) is 23.3 Å². The normalized spacial score (nSPS) is 21.2. The minimum absolute atomic E-state index is 0.101. The molecule has 0 radical (unpaired) electrons. The van der Waals surface area contributed by atoms with Gasteiger partial charge in [0.25, 0.3) is 0 Å². The lowest BCUT2D eigenvalue weighted by Gasteiger charge is -2.32. The number of benzene rings is 1. The van der Waals surface area contributed by atoms with Crippen LogP contribution in [0.5, 0.6) is 0 Å². The van der Waals surface area contributed by atoms with Gasteiger partial charge in [0, 0.05) is 22.8 Å². The molecular formula is C16H14N2OS. The van der Waals surface area contributed by atoms with Crippen molar-refractivity contribution in [2.45, 2.75) is 19.3 Å². The Hall–Kier alpha value is -1.94. The molecule has 2 heterocycles. The SMILES string of the molecule is O=C1CC2CCc3sccc3C2=NN1c1ccccc1.